The van der Waals surface area contributed by atoms with Gasteiger partial charge in [0, 0.05) is 20.1 Å². The lowest BCUT2D eigenvalue weighted by molar-refractivity contribution is 0.135. The third-order valence-electron chi connectivity index (χ3n) is 3.24. The van der Waals surface area contributed by atoms with Crippen LogP contribution in [0.15, 0.2) is 34.9 Å². The van der Waals surface area contributed by atoms with Crippen LogP contribution in [0.2, 0.25) is 0 Å². The van der Waals surface area contributed by atoms with E-state index in [1.54, 1.807) is 7.11 Å². The molecule has 0 saturated heterocycles. The van der Waals surface area contributed by atoms with E-state index < -0.39 is 6.10 Å². The minimum Gasteiger partial charge on any atom is -0.388 e. The highest BCUT2D eigenvalue weighted by molar-refractivity contribution is 5.20. The van der Waals surface area contributed by atoms with Gasteiger partial charge in [-0.15, -0.1) is 0 Å². The van der Waals surface area contributed by atoms with Gasteiger partial charge in [-0.2, -0.15) is 4.98 Å². The van der Waals surface area contributed by atoms with Gasteiger partial charge in [-0.05, 0) is 12.0 Å². The first-order chi connectivity index (χ1) is 9.72. The molecule has 0 fully saturated rings. The minimum atomic E-state index is -0.650. The second kappa shape index (κ2) is 7.17. The number of hydrogen-bond acceptors (Lipinski definition) is 5. The van der Waals surface area contributed by atoms with Crippen molar-refractivity contribution in [3.05, 3.63) is 47.6 Å². The van der Waals surface area contributed by atoms with Crippen molar-refractivity contribution in [1.29, 1.82) is 0 Å². The minimum absolute atomic E-state index is 0.235. The third kappa shape index (κ3) is 3.65. The topological polar surface area (TPSA) is 68.4 Å². The van der Waals surface area contributed by atoms with Crippen molar-refractivity contribution in [1.82, 2.24) is 10.1 Å². The second-order valence-corrected chi connectivity index (χ2v) is 4.79. The van der Waals surface area contributed by atoms with Crippen molar-refractivity contribution in [3.8, 4) is 0 Å². The van der Waals surface area contributed by atoms with E-state index in [2.05, 4.69) is 10.1 Å². The van der Waals surface area contributed by atoms with Crippen molar-refractivity contribution < 1.29 is 14.4 Å². The molecule has 0 bridgehead atoms. The Kier molecular flexibility index (Phi) is 5.26. The number of ether oxygens (including phenoxy) is 1. The molecule has 2 aromatic rings. The van der Waals surface area contributed by atoms with Crippen LogP contribution in [0.1, 0.15) is 42.6 Å². The molecular weight excluding hydrogens is 256 g/mol. The van der Waals surface area contributed by atoms with Crippen molar-refractivity contribution in [3.63, 3.8) is 0 Å². The first kappa shape index (κ1) is 14.7. The van der Waals surface area contributed by atoms with Crippen LogP contribution in [0.5, 0.6) is 0 Å². The lowest BCUT2D eigenvalue weighted by Gasteiger charge is -2.15. The average molecular weight is 276 g/mol. The quantitative estimate of drug-likeness (QED) is 0.787. The Balaban J connectivity index is 2.00. The summed E-state index contributed by atoms with van der Waals surface area (Å²) in [4.78, 5) is 4.34. The predicted octanol–water partition coefficient (Wildman–Crippen LogP) is 2.49. The second-order valence-electron chi connectivity index (χ2n) is 4.79. The van der Waals surface area contributed by atoms with Crippen LogP contribution in [0, 0.1) is 0 Å². The predicted molar refractivity (Wildman–Crippen MR) is 74.3 cm³/mol. The molecule has 1 N–H and O–H groups in total. The molecule has 2 atom stereocenters. The van der Waals surface area contributed by atoms with Gasteiger partial charge in [0.1, 0.15) is 0 Å². The molecule has 0 aliphatic heterocycles. The zero-order valence-electron chi connectivity index (χ0n) is 11.8. The summed E-state index contributed by atoms with van der Waals surface area (Å²) in [7, 11) is 1.67. The lowest BCUT2D eigenvalue weighted by Crippen LogP contribution is -2.08. The van der Waals surface area contributed by atoms with E-state index in [0.717, 1.165) is 12.0 Å². The Hall–Kier alpha value is -1.72. The number of rotatable bonds is 7. The molecule has 2 rings (SSSR count). The van der Waals surface area contributed by atoms with E-state index in [1.165, 1.54) is 0 Å². The fourth-order valence-electron chi connectivity index (χ4n) is 2.00. The monoisotopic (exact) mass is 276 g/mol. The molecule has 2 unspecified atom stereocenters. The summed E-state index contributed by atoms with van der Waals surface area (Å²) in [6.07, 6.45) is 0.916. The van der Waals surface area contributed by atoms with Gasteiger partial charge in [-0.25, -0.2) is 0 Å². The highest BCUT2D eigenvalue weighted by Crippen LogP contribution is 2.29. The van der Waals surface area contributed by atoms with Crippen LogP contribution in [-0.2, 0) is 11.2 Å². The number of aromatic nitrogens is 2. The Labute approximate surface area is 118 Å². The van der Waals surface area contributed by atoms with E-state index >= 15 is 0 Å². The van der Waals surface area contributed by atoms with E-state index in [-0.39, 0.29) is 5.92 Å². The zero-order valence-corrected chi connectivity index (χ0v) is 11.8. The van der Waals surface area contributed by atoms with Gasteiger partial charge in [0.2, 0.25) is 5.89 Å². The van der Waals surface area contributed by atoms with Gasteiger partial charge in [0.15, 0.2) is 5.82 Å². The van der Waals surface area contributed by atoms with Gasteiger partial charge < -0.3 is 14.4 Å². The van der Waals surface area contributed by atoms with Gasteiger partial charge in [-0.1, -0.05) is 42.4 Å². The molecule has 5 nitrogen and oxygen atoms in total. The van der Waals surface area contributed by atoms with E-state index in [1.807, 2.05) is 37.3 Å². The zero-order chi connectivity index (χ0) is 14.4. The third-order valence-corrected chi connectivity index (χ3v) is 3.24. The standard InChI is InChI=1S/C15H20N2O3/c1-11(14(18)12-7-4-3-5-8-12)15-16-13(17-20-15)9-6-10-19-2/h3-5,7-8,11,14,18H,6,9-10H2,1-2H3. The Morgan fingerprint density at radius 3 is 2.75 bits per heavy atom. The van der Waals surface area contributed by atoms with Gasteiger partial charge in [-0.3, -0.25) is 0 Å². The molecule has 0 aliphatic rings. The molecule has 1 heterocycles. The largest absolute Gasteiger partial charge is 0.388 e. The maximum absolute atomic E-state index is 10.3. The fraction of sp³-hybridized carbons (Fsp3) is 0.467. The number of hydrogen-bond donors (Lipinski definition) is 1. The van der Waals surface area contributed by atoms with Crippen LogP contribution in [-0.4, -0.2) is 29.0 Å². The summed E-state index contributed by atoms with van der Waals surface area (Å²) in [5, 5.41) is 14.3. The molecule has 20 heavy (non-hydrogen) atoms. The molecule has 0 amide bonds. The van der Waals surface area contributed by atoms with Gasteiger partial charge in [0.05, 0.1) is 12.0 Å². The maximum atomic E-state index is 10.3. The lowest BCUT2D eigenvalue weighted by atomic mass is 9.97. The number of methoxy groups -OCH3 is 1. The van der Waals surface area contributed by atoms with Crippen LogP contribution >= 0.6 is 0 Å². The van der Waals surface area contributed by atoms with Crippen molar-refractivity contribution >= 4 is 0 Å². The van der Waals surface area contributed by atoms with E-state index in [0.29, 0.717) is 24.7 Å². The number of aliphatic hydroxyl groups is 1. The fourth-order valence-corrected chi connectivity index (χ4v) is 2.00. The van der Waals surface area contributed by atoms with Crippen molar-refractivity contribution in [2.75, 3.05) is 13.7 Å². The summed E-state index contributed by atoms with van der Waals surface area (Å²) >= 11 is 0. The average Bonchev–Trinajstić information content (AvgIpc) is 2.96. The smallest absolute Gasteiger partial charge is 0.232 e. The molecule has 1 aromatic heterocycles. The van der Waals surface area contributed by atoms with Crippen LogP contribution in [0.25, 0.3) is 0 Å². The van der Waals surface area contributed by atoms with Crippen molar-refractivity contribution in [2.45, 2.75) is 31.8 Å². The Morgan fingerprint density at radius 2 is 2.05 bits per heavy atom. The molecule has 0 saturated carbocycles. The molecule has 108 valence electrons. The molecule has 0 radical (unpaired) electrons. The first-order valence-electron chi connectivity index (χ1n) is 6.76. The first-order valence-corrected chi connectivity index (χ1v) is 6.76. The number of aryl methyl sites for hydroxylation is 1. The maximum Gasteiger partial charge on any atom is 0.232 e. The van der Waals surface area contributed by atoms with Gasteiger partial charge >= 0.3 is 0 Å². The normalized spacial score (nSPS) is 14.2. The number of benzene rings is 1. The summed E-state index contributed by atoms with van der Waals surface area (Å²) in [5.41, 5.74) is 0.846. The van der Waals surface area contributed by atoms with Crippen LogP contribution in [0.4, 0.5) is 0 Å². The number of aliphatic hydroxyl groups excluding tert-OH is 1. The SMILES string of the molecule is COCCCc1noc(C(C)C(O)c2ccccc2)n1. The Bertz CT molecular complexity index is 513. The Morgan fingerprint density at radius 1 is 1.30 bits per heavy atom. The summed E-state index contributed by atoms with van der Waals surface area (Å²) in [6.45, 7) is 2.55. The van der Waals surface area contributed by atoms with Crippen LogP contribution < -0.4 is 0 Å². The summed E-state index contributed by atoms with van der Waals surface area (Å²) < 4.78 is 10.2. The van der Waals surface area contributed by atoms with Gasteiger partial charge in [0.25, 0.3) is 0 Å². The highest BCUT2D eigenvalue weighted by atomic mass is 16.5. The molecular formula is C15H20N2O3. The van der Waals surface area contributed by atoms with E-state index in [9.17, 15) is 5.11 Å². The summed E-state index contributed by atoms with van der Waals surface area (Å²) in [6, 6.07) is 9.49. The van der Waals surface area contributed by atoms with Crippen LogP contribution in [0.3, 0.4) is 0 Å². The molecule has 5 heteroatoms. The van der Waals surface area contributed by atoms with E-state index in [4.69, 9.17) is 9.26 Å². The molecule has 0 aliphatic carbocycles. The van der Waals surface area contributed by atoms with Crippen molar-refractivity contribution in [2.24, 2.45) is 0 Å². The summed E-state index contributed by atoms with van der Waals surface area (Å²) in [5.74, 6) is 0.888. The number of nitrogens with zero attached hydrogens (tertiary/aromatic N) is 2. The molecule has 1 aromatic carbocycles. The molecule has 0 spiro atoms. The highest BCUT2D eigenvalue weighted by Gasteiger charge is 2.23.